The van der Waals surface area contributed by atoms with Crippen molar-refractivity contribution in [3.05, 3.63) is 24.0 Å². The predicted molar refractivity (Wildman–Crippen MR) is 51.7 cm³/mol. The number of aromatic nitrogens is 1. The van der Waals surface area contributed by atoms with Crippen molar-refractivity contribution >= 4 is 16.9 Å². The van der Waals surface area contributed by atoms with Gasteiger partial charge in [0.05, 0.1) is 0 Å². The van der Waals surface area contributed by atoms with E-state index in [4.69, 9.17) is 9.63 Å². The van der Waals surface area contributed by atoms with Crippen molar-refractivity contribution in [2.75, 3.05) is 0 Å². The molecule has 2 rings (SSSR count). The van der Waals surface area contributed by atoms with Crippen LogP contribution in [0.1, 0.15) is 18.6 Å². The summed E-state index contributed by atoms with van der Waals surface area (Å²) in [5.74, 6) is -1.45. The van der Waals surface area contributed by atoms with E-state index >= 15 is 0 Å². The summed E-state index contributed by atoms with van der Waals surface area (Å²) in [5.41, 5.74) is 0.538. The van der Waals surface area contributed by atoms with Crippen molar-refractivity contribution in [1.82, 2.24) is 5.16 Å². The van der Waals surface area contributed by atoms with E-state index in [1.807, 2.05) is 0 Å². The number of benzene rings is 1. The van der Waals surface area contributed by atoms with Crippen LogP contribution in [0.5, 0.6) is 5.75 Å². The van der Waals surface area contributed by atoms with E-state index in [9.17, 15) is 9.90 Å². The summed E-state index contributed by atoms with van der Waals surface area (Å²) in [7, 11) is 0. The number of hydrogen-bond donors (Lipinski definition) is 2. The van der Waals surface area contributed by atoms with Crippen LogP contribution < -0.4 is 0 Å². The third-order valence-corrected chi connectivity index (χ3v) is 2.25. The number of rotatable bonds is 2. The van der Waals surface area contributed by atoms with Gasteiger partial charge in [-0.05, 0) is 25.1 Å². The standard InChI is InChI=1S/C10H9NO4/c1-5(10(13)14)9-7-4-6(12)2-3-8(7)11-15-9/h2-5,12H,1H3,(H,13,14). The Bertz CT molecular complexity index is 517. The molecule has 1 aromatic carbocycles. The Morgan fingerprint density at radius 3 is 2.93 bits per heavy atom. The Kier molecular flexibility index (Phi) is 2.07. The molecule has 0 fully saturated rings. The summed E-state index contributed by atoms with van der Waals surface area (Å²) in [6.07, 6.45) is 0. The first-order chi connectivity index (χ1) is 7.09. The third-order valence-electron chi connectivity index (χ3n) is 2.25. The zero-order valence-corrected chi connectivity index (χ0v) is 7.97. The van der Waals surface area contributed by atoms with Crippen LogP contribution in [0.25, 0.3) is 10.9 Å². The second-order valence-electron chi connectivity index (χ2n) is 3.31. The summed E-state index contributed by atoms with van der Waals surface area (Å²) in [5, 5.41) is 22.4. The van der Waals surface area contributed by atoms with Gasteiger partial charge in [0, 0.05) is 5.39 Å². The lowest BCUT2D eigenvalue weighted by atomic mass is 10.1. The van der Waals surface area contributed by atoms with Crippen LogP contribution >= 0.6 is 0 Å². The van der Waals surface area contributed by atoms with E-state index in [0.29, 0.717) is 10.9 Å². The molecule has 1 atom stereocenters. The molecule has 1 heterocycles. The first-order valence-electron chi connectivity index (χ1n) is 4.40. The molecule has 5 nitrogen and oxygen atoms in total. The van der Waals surface area contributed by atoms with Crippen LogP contribution in [0.4, 0.5) is 0 Å². The molecule has 5 heteroatoms. The molecule has 0 saturated heterocycles. The highest BCUT2D eigenvalue weighted by Gasteiger charge is 2.21. The van der Waals surface area contributed by atoms with Gasteiger partial charge in [0.1, 0.15) is 17.2 Å². The van der Waals surface area contributed by atoms with Gasteiger partial charge in [-0.15, -0.1) is 0 Å². The number of fused-ring (bicyclic) bond motifs is 1. The number of aliphatic carboxylic acids is 1. The summed E-state index contributed by atoms with van der Waals surface area (Å²) >= 11 is 0. The van der Waals surface area contributed by atoms with Gasteiger partial charge in [0.2, 0.25) is 0 Å². The molecule has 1 aromatic heterocycles. The highest BCUT2D eigenvalue weighted by molar-refractivity contribution is 5.87. The van der Waals surface area contributed by atoms with Crippen molar-refractivity contribution in [2.24, 2.45) is 0 Å². The number of carbonyl (C=O) groups is 1. The first-order valence-corrected chi connectivity index (χ1v) is 4.40. The Balaban J connectivity index is 2.61. The fraction of sp³-hybridized carbons (Fsp3) is 0.200. The van der Waals surface area contributed by atoms with Crippen LogP contribution in [-0.2, 0) is 4.79 Å². The predicted octanol–water partition coefficient (Wildman–Crippen LogP) is 1.72. The van der Waals surface area contributed by atoms with Crippen molar-refractivity contribution in [1.29, 1.82) is 0 Å². The topological polar surface area (TPSA) is 83.6 Å². The minimum Gasteiger partial charge on any atom is -0.508 e. The molecule has 1 unspecified atom stereocenters. The summed E-state index contributed by atoms with van der Waals surface area (Å²) < 4.78 is 4.95. The van der Waals surface area contributed by atoms with Gasteiger partial charge < -0.3 is 14.7 Å². The maximum Gasteiger partial charge on any atom is 0.314 e. The van der Waals surface area contributed by atoms with Crippen LogP contribution in [-0.4, -0.2) is 21.3 Å². The number of phenolic OH excluding ortho intramolecular Hbond substituents is 1. The molecule has 0 spiro atoms. The molecular weight excluding hydrogens is 198 g/mol. The van der Waals surface area contributed by atoms with Gasteiger partial charge in [-0.1, -0.05) is 5.16 Å². The van der Waals surface area contributed by atoms with Crippen molar-refractivity contribution in [3.63, 3.8) is 0 Å². The molecule has 0 aliphatic carbocycles. The van der Waals surface area contributed by atoms with Gasteiger partial charge in [-0.25, -0.2) is 0 Å². The van der Waals surface area contributed by atoms with Gasteiger partial charge in [0.25, 0.3) is 0 Å². The molecule has 0 amide bonds. The fourth-order valence-electron chi connectivity index (χ4n) is 1.37. The van der Waals surface area contributed by atoms with Crippen molar-refractivity contribution in [2.45, 2.75) is 12.8 Å². The van der Waals surface area contributed by atoms with Gasteiger partial charge >= 0.3 is 5.97 Å². The molecule has 0 aliphatic rings. The molecular formula is C10H9NO4. The van der Waals surface area contributed by atoms with Crippen LogP contribution in [0.2, 0.25) is 0 Å². The van der Waals surface area contributed by atoms with Crippen molar-refractivity contribution in [3.8, 4) is 5.75 Å². The lowest BCUT2D eigenvalue weighted by Crippen LogP contribution is -2.06. The highest BCUT2D eigenvalue weighted by atomic mass is 16.5. The smallest absolute Gasteiger partial charge is 0.314 e. The Labute approximate surface area is 84.9 Å². The monoisotopic (exact) mass is 207 g/mol. The number of aromatic hydroxyl groups is 1. The lowest BCUT2D eigenvalue weighted by molar-refractivity contribution is -0.138. The molecule has 0 bridgehead atoms. The number of hydrogen-bond acceptors (Lipinski definition) is 4. The van der Waals surface area contributed by atoms with Gasteiger partial charge in [-0.3, -0.25) is 4.79 Å². The lowest BCUT2D eigenvalue weighted by Gasteiger charge is -2.00. The second-order valence-corrected chi connectivity index (χ2v) is 3.31. The molecule has 15 heavy (non-hydrogen) atoms. The normalized spacial score (nSPS) is 12.9. The molecule has 78 valence electrons. The zero-order chi connectivity index (χ0) is 11.0. The SMILES string of the molecule is CC(C(=O)O)c1onc2ccc(O)cc12. The van der Waals surface area contributed by atoms with E-state index in [0.717, 1.165) is 0 Å². The molecule has 0 aliphatic heterocycles. The second kappa shape index (κ2) is 3.27. The van der Waals surface area contributed by atoms with E-state index in [2.05, 4.69) is 5.16 Å². The molecule has 0 radical (unpaired) electrons. The van der Waals surface area contributed by atoms with E-state index in [1.165, 1.54) is 19.1 Å². The fourth-order valence-corrected chi connectivity index (χ4v) is 1.37. The maximum absolute atomic E-state index is 10.8. The van der Waals surface area contributed by atoms with Crippen LogP contribution in [0.3, 0.4) is 0 Å². The van der Waals surface area contributed by atoms with E-state index in [1.54, 1.807) is 6.07 Å². The minimum absolute atomic E-state index is 0.0598. The summed E-state index contributed by atoms with van der Waals surface area (Å²) in [4.78, 5) is 10.8. The Morgan fingerprint density at radius 1 is 1.53 bits per heavy atom. The van der Waals surface area contributed by atoms with Gasteiger partial charge in [0.15, 0.2) is 5.76 Å². The van der Waals surface area contributed by atoms with Crippen LogP contribution in [0.15, 0.2) is 22.7 Å². The quantitative estimate of drug-likeness (QED) is 0.783. The van der Waals surface area contributed by atoms with Gasteiger partial charge in [-0.2, -0.15) is 0 Å². The highest BCUT2D eigenvalue weighted by Crippen LogP contribution is 2.28. The Hall–Kier alpha value is -2.04. The number of nitrogens with zero attached hydrogens (tertiary/aromatic N) is 1. The number of carboxylic acids is 1. The van der Waals surface area contributed by atoms with Crippen LogP contribution in [0, 0.1) is 0 Å². The molecule has 0 saturated carbocycles. The van der Waals surface area contributed by atoms with Crippen molar-refractivity contribution < 1.29 is 19.5 Å². The van der Waals surface area contributed by atoms with E-state index in [-0.39, 0.29) is 11.5 Å². The summed E-state index contributed by atoms with van der Waals surface area (Å²) in [6, 6.07) is 4.49. The minimum atomic E-state index is -0.989. The molecule has 2 N–H and O–H groups in total. The number of phenols is 1. The summed E-state index contributed by atoms with van der Waals surface area (Å²) in [6.45, 7) is 1.51. The van der Waals surface area contributed by atoms with E-state index < -0.39 is 11.9 Å². The molecule has 2 aromatic rings. The first kappa shape index (κ1) is 9.51. The Morgan fingerprint density at radius 2 is 2.27 bits per heavy atom. The average Bonchev–Trinajstić information content (AvgIpc) is 2.59. The maximum atomic E-state index is 10.8. The number of carboxylic acid groups (broad SMARTS) is 1. The average molecular weight is 207 g/mol. The zero-order valence-electron chi connectivity index (χ0n) is 7.97. The largest absolute Gasteiger partial charge is 0.508 e. The third kappa shape index (κ3) is 1.52.